The Morgan fingerprint density at radius 2 is 2.44 bits per heavy atom. The minimum absolute atomic E-state index is 0.0702. The molecule has 0 saturated carbocycles. The van der Waals surface area contributed by atoms with E-state index in [0.717, 1.165) is 6.42 Å². The second-order valence-corrected chi connectivity index (χ2v) is 5.33. The van der Waals surface area contributed by atoms with E-state index in [-0.39, 0.29) is 11.8 Å². The lowest BCUT2D eigenvalue weighted by atomic mass is 9.90. The largest absolute Gasteiger partial charge is 0.352 e. The van der Waals surface area contributed by atoms with Gasteiger partial charge in [0.2, 0.25) is 5.91 Å². The van der Waals surface area contributed by atoms with Gasteiger partial charge in [-0.05, 0) is 13.3 Å². The number of carbonyl (C=O) groups excluding carboxylic acids is 2. The summed E-state index contributed by atoms with van der Waals surface area (Å²) in [6.45, 7) is 4.89. The van der Waals surface area contributed by atoms with Gasteiger partial charge in [-0.3, -0.25) is 9.59 Å². The van der Waals surface area contributed by atoms with Gasteiger partial charge in [-0.2, -0.15) is 0 Å². The fraction of sp³-hybridized carbons (Fsp3) is 0.583. The fourth-order valence-corrected chi connectivity index (χ4v) is 2.88. The molecule has 1 N–H and O–H groups in total. The zero-order chi connectivity index (χ0) is 13.2. The molecule has 2 rings (SSSR count). The summed E-state index contributed by atoms with van der Waals surface area (Å²) in [7, 11) is 0. The molecule has 1 fully saturated rings. The molecule has 6 heteroatoms. The van der Waals surface area contributed by atoms with E-state index in [4.69, 9.17) is 0 Å². The van der Waals surface area contributed by atoms with Gasteiger partial charge in [0.1, 0.15) is 11.2 Å². The third kappa shape index (κ3) is 2.12. The summed E-state index contributed by atoms with van der Waals surface area (Å²) in [6, 6.07) is 0. The number of carbonyl (C=O) groups is 2. The highest BCUT2D eigenvalue weighted by atomic mass is 32.1. The highest BCUT2D eigenvalue weighted by Gasteiger charge is 2.44. The van der Waals surface area contributed by atoms with Crippen LogP contribution in [0.4, 0.5) is 0 Å². The van der Waals surface area contributed by atoms with Crippen LogP contribution in [0.5, 0.6) is 0 Å². The van der Waals surface area contributed by atoms with Gasteiger partial charge in [-0.1, -0.05) is 13.3 Å². The molecule has 0 aromatic carbocycles. The normalized spacial score (nSPS) is 23.9. The zero-order valence-corrected chi connectivity index (χ0v) is 11.4. The summed E-state index contributed by atoms with van der Waals surface area (Å²) in [6.07, 6.45) is 1.51. The van der Waals surface area contributed by atoms with Gasteiger partial charge in [0.25, 0.3) is 5.91 Å². The summed E-state index contributed by atoms with van der Waals surface area (Å²) in [5, 5.41) is 4.56. The van der Waals surface area contributed by atoms with Crippen LogP contribution < -0.4 is 5.32 Å². The standard InChI is InChI=1S/C12H17N3O2S/c1-3-4-12(2)11(17)13-5-6-15(12)10(16)9-7-18-8-14-9/h7-8H,3-6H2,1-2H3,(H,13,17)/t12-/m1/s1. The topological polar surface area (TPSA) is 62.3 Å². The molecule has 2 amide bonds. The number of hydrogen-bond donors (Lipinski definition) is 1. The molecule has 18 heavy (non-hydrogen) atoms. The molecule has 1 aromatic rings. The molecule has 1 aromatic heterocycles. The van der Waals surface area contributed by atoms with Gasteiger partial charge in [0, 0.05) is 18.5 Å². The second-order valence-electron chi connectivity index (χ2n) is 4.61. The molecule has 0 aliphatic carbocycles. The monoisotopic (exact) mass is 267 g/mol. The van der Waals surface area contributed by atoms with Crippen molar-refractivity contribution in [1.82, 2.24) is 15.2 Å². The summed E-state index contributed by atoms with van der Waals surface area (Å²) in [4.78, 5) is 30.1. The van der Waals surface area contributed by atoms with Crippen molar-refractivity contribution in [3.05, 3.63) is 16.6 Å². The van der Waals surface area contributed by atoms with Crippen molar-refractivity contribution in [2.24, 2.45) is 0 Å². The van der Waals surface area contributed by atoms with Crippen LogP contribution in [0.25, 0.3) is 0 Å². The molecular formula is C12H17N3O2S. The summed E-state index contributed by atoms with van der Waals surface area (Å²) in [5.41, 5.74) is 1.30. The Hall–Kier alpha value is -1.43. The molecule has 0 unspecified atom stereocenters. The lowest BCUT2D eigenvalue weighted by Crippen LogP contribution is -2.64. The third-order valence-electron chi connectivity index (χ3n) is 3.34. The van der Waals surface area contributed by atoms with Gasteiger partial charge in [-0.15, -0.1) is 11.3 Å². The molecule has 0 spiro atoms. The lowest BCUT2D eigenvalue weighted by molar-refractivity contribution is -0.134. The third-order valence-corrected chi connectivity index (χ3v) is 3.93. The van der Waals surface area contributed by atoms with E-state index in [9.17, 15) is 9.59 Å². The number of nitrogens with one attached hydrogen (secondary N) is 1. The first kappa shape index (κ1) is 13.0. The number of piperazine rings is 1. The van der Waals surface area contributed by atoms with Crippen molar-refractivity contribution < 1.29 is 9.59 Å². The van der Waals surface area contributed by atoms with Crippen LogP contribution in [-0.2, 0) is 4.79 Å². The number of amides is 2. The van der Waals surface area contributed by atoms with Gasteiger partial charge >= 0.3 is 0 Å². The van der Waals surface area contributed by atoms with E-state index in [1.54, 1.807) is 15.8 Å². The van der Waals surface area contributed by atoms with E-state index in [1.165, 1.54) is 11.3 Å². The van der Waals surface area contributed by atoms with Crippen LogP contribution >= 0.6 is 11.3 Å². The summed E-state index contributed by atoms with van der Waals surface area (Å²) < 4.78 is 0. The van der Waals surface area contributed by atoms with Crippen LogP contribution in [-0.4, -0.2) is 40.3 Å². The quantitative estimate of drug-likeness (QED) is 0.897. The Bertz CT molecular complexity index is 446. The smallest absolute Gasteiger partial charge is 0.274 e. The van der Waals surface area contributed by atoms with E-state index in [2.05, 4.69) is 10.3 Å². The minimum Gasteiger partial charge on any atom is -0.352 e. The van der Waals surface area contributed by atoms with E-state index >= 15 is 0 Å². The Morgan fingerprint density at radius 1 is 1.67 bits per heavy atom. The van der Waals surface area contributed by atoms with Crippen molar-refractivity contribution in [2.75, 3.05) is 13.1 Å². The maximum absolute atomic E-state index is 12.4. The second kappa shape index (κ2) is 5.06. The van der Waals surface area contributed by atoms with Crippen LogP contribution in [0, 0.1) is 0 Å². The Morgan fingerprint density at radius 3 is 3.06 bits per heavy atom. The first-order chi connectivity index (χ1) is 8.59. The van der Waals surface area contributed by atoms with Gasteiger partial charge in [0.05, 0.1) is 5.51 Å². The first-order valence-corrected chi connectivity index (χ1v) is 7.02. The molecule has 0 radical (unpaired) electrons. The minimum atomic E-state index is -0.756. The molecule has 1 aliphatic heterocycles. The van der Waals surface area contributed by atoms with Crippen LogP contribution in [0.3, 0.4) is 0 Å². The van der Waals surface area contributed by atoms with E-state index in [1.807, 2.05) is 13.8 Å². The number of aromatic nitrogens is 1. The molecular weight excluding hydrogens is 250 g/mol. The predicted molar refractivity (Wildman–Crippen MR) is 69.5 cm³/mol. The first-order valence-electron chi connectivity index (χ1n) is 6.08. The number of rotatable bonds is 3. The maximum atomic E-state index is 12.4. The molecule has 1 atom stereocenters. The molecule has 0 bridgehead atoms. The molecule has 1 saturated heterocycles. The lowest BCUT2D eigenvalue weighted by Gasteiger charge is -2.43. The Labute approximate surface area is 110 Å². The maximum Gasteiger partial charge on any atom is 0.274 e. The zero-order valence-electron chi connectivity index (χ0n) is 10.6. The summed E-state index contributed by atoms with van der Waals surface area (Å²) >= 11 is 1.39. The highest BCUT2D eigenvalue weighted by Crippen LogP contribution is 2.26. The van der Waals surface area contributed by atoms with Crippen LogP contribution in [0.1, 0.15) is 37.2 Å². The molecule has 2 heterocycles. The van der Waals surface area contributed by atoms with Crippen molar-refractivity contribution in [3.8, 4) is 0 Å². The SMILES string of the molecule is CCC[C@]1(C)C(=O)NCCN1C(=O)c1cscn1. The molecule has 1 aliphatic rings. The van der Waals surface area contributed by atoms with Crippen molar-refractivity contribution >= 4 is 23.2 Å². The van der Waals surface area contributed by atoms with Crippen molar-refractivity contribution in [2.45, 2.75) is 32.2 Å². The van der Waals surface area contributed by atoms with Gasteiger partial charge in [-0.25, -0.2) is 4.98 Å². The van der Waals surface area contributed by atoms with E-state index < -0.39 is 5.54 Å². The molecule has 98 valence electrons. The predicted octanol–water partition coefficient (Wildman–Crippen LogP) is 1.27. The highest BCUT2D eigenvalue weighted by molar-refractivity contribution is 7.07. The van der Waals surface area contributed by atoms with Crippen LogP contribution in [0.2, 0.25) is 0 Å². The average Bonchev–Trinajstić information content (AvgIpc) is 2.86. The van der Waals surface area contributed by atoms with Crippen molar-refractivity contribution in [3.63, 3.8) is 0 Å². The average molecular weight is 267 g/mol. The number of thiazole rings is 1. The Kier molecular flexibility index (Phi) is 3.65. The summed E-state index contributed by atoms with van der Waals surface area (Å²) in [5.74, 6) is -0.221. The van der Waals surface area contributed by atoms with Crippen LogP contribution in [0.15, 0.2) is 10.9 Å². The van der Waals surface area contributed by atoms with Crippen molar-refractivity contribution in [1.29, 1.82) is 0 Å². The number of nitrogens with zero attached hydrogens (tertiary/aromatic N) is 2. The van der Waals surface area contributed by atoms with Gasteiger partial charge in [0.15, 0.2) is 0 Å². The van der Waals surface area contributed by atoms with E-state index in [0.29, 0.717) is 25.2 Å². The fourth-order valence-electron chi connectivity index (χ4n) is 2.36. The number of hydrogen-bond acceptors (Lipinski definition) is 4. The Balaban J connectivity index is 2.29. The molecule has 5 nitrogen and oxygen atoms in total. The van der Waals surface area contributed by atoms with Gasteiger partial charge < -0.3 is 10.2 Å².